The Balaban J connectivity index is 2.28. The second-order valence-electron chi connectivity index (χ2n) is 4.01. The van der Waals surface area contributed by atoms with Crippen LogP contribution in [0.1, 0.15) is 11.6 Å². The number of methoxy groups -OCH3 is 1. The Labute approximate surface area is 106 Å². The average molecular weight is 276 g/mol. The van der Waals surface area contributed by atoms with E-state index in [2.05, 4.69) is 5.32 Å². The molecule has 1 aromatic carbocycles. The largest absolute Gasteiger partial charge is 0.497 e. The standard InChI is InChI=1S/C11H14ClNO3S/c1-16-8-2-3-9(10(12)6-8)11-7-17(14,15)5-4-13-11/h2-3,6,11,13H,4-5,7H2,1H3. The average Bonchev–Trinajstić information content (AvgIpc) is 2.27. The van der Waals surface area contributed by atoms with Gasteiger partial charge in [-0.3, -0.25) is 0 Å². The van der Waals surface area contributed by atoms with Crippen molar-refractivity contribution in [3.63, 3.8) is 0 Å². The van der Waals surface area contributed by atoms with Crippen LogP contribution >= 0.6 is 11.6 Å². The minimum Gasteiger partial charge on any atom is -0.497 e. The molecule has 1 aromatic rings. The van der Waals surface area contributed by atoms with E-state index >= 15 is 0 Å². The second-order valence-corrected chi connectivity index (χ2v) is 6.64. The predicted molar refractivity (Wildman–Crippen MR) is 67.4 cm³/mol. The topological polar surface area (TPSA) is 55.4 Å². The summed E-state index contributed by atoms with van der Waals surface area (Å²) in [5.74, 6) is 0.952. The molecule has 0 bridgehead atoms. The summed E-state index contributed by atoms with van der Waals surface area (Å²) >= 11 is 6.12. The van der Waals surface area contributed by atoms with Gasteiger partial charge in [0, 0.05) is 17.6 Å². The zero-order chi connectivity index (χ0) is 12.5. The Kier molecular flexibility index (Phi) is 3.61. The van der Waals surface area contributed by atoms with E-state index < -0.39 is 9.84 Å². The van der Waals surface area contributed by atoms with Crippen LogP contribution in [0.25, 0.3) is 0 Å². The van der Waals surface area contributed by atoms with Gasteiger partial charge in [0.2, 0.25) is 0 Å². The first-order chi connectivity index (χ1) is 8.02. The zero-order valence-corrected chi connectivity index (χ0v) is 11.0. The van der Waals surface area contributed by atoms with Crippen LogP contribution in [0.2, 0.25) is 5.02 Å². The van der Waals surface area contributed by atoms with Gasteiger partial charge in [0.1, 0.15) is 5.75 Å². The van der Waals surface area contributed by atoms with Gasteiger partial charge in [-0.05, 0) is 17.7 Å². The molecule has 2 rings (SSSR count). The first kappa shape index (κ1) is 12.7. The Morgan fingerprint density at radius 2 is 2.24 bits per heavy atom. The Bertz CT molecular complexity index is 515. The molecule has 1 atom stereocenters. The molecule has 0 aliphatic carbocycles. The van der Waals surface area contributed by atoms with Crippen LogP contribution < -0.4 is 10.1 Å². The molecule has 1 heterocycles. The molecule has 0 spiro atoms. The van der Waals surface area contributed by atoms with Crippen LogP contribution in [0, 0.1) is 0 Å². The smallest absolute Gasteiger partial charge is 0.153 e. The van der Waals surface area contributed by atoms with Gasteiger partial charge in [-0.1, -0.05) is 17.7 Å². The molecule has 0 saturated carbocycles. The van der Waals surface area contributed by atoms with Crippen molar-refractivity contribution in [1.29, 1.82) is 0 Å². The van der Waals surface area contributed by atoms with Crippen LogP contribution in [0.4, 0.5) is 0 Å². The molecule has 4 nitrogen and oxygen atoms in total. The van der Waals surface area contributed by atoms with Crippen molar-refractivity contribution in [2.75, 3.05) is 25.2 Å². The minimum absolute atomic E-state index is 0.0963. The highest BCUT2D eigenvalue weighted by atomic mass is 35.5. The lowest BCUT2D eigenvalue weighted by Gasteiger charge is -2.24. The SMILES string of the molecule is COc1ccc(C2CS(=O)(=O)CCN2)c(Cl)c1. The summed E-state index contributed by atoms with van der Waals surface area (Å²) in [6.45, 7) is 0.468. The normalized spacial score (nSPS) is 23.3. The number of halogens is 1. The number of hydrogen-bond donors (Lipinski definition) is 1. The van der Waals surface area contributed by atoms with E-state index in [0.717, 1.165) is 5.56 Å². The minimum atomic E-state index is -2.96. The molecular formula is C11H14ClNO3S. The van der Waals surface area contributed by atoms with Gasteiger partial charge < -0.3 is 10.1 Å². The van der Waals surface area contributed by atoms with Crippen molar-refractivity contribution in [1.82, 2.24) is 5.32 Å². The van der Waals surface area contributed by atoms with Crippen LogP contribution in [0.5, 0.6) is 5.75 Å². The summed E-state index contributed by atoms with van der Waals surface area (Å²) in [7, 11) is -1.40. The fourth-order valence-corrected chi connectivity index (χ4v) is 3.61. The molecule has 0 radical (unpaired) electrons. The van der Waals surface area contributed by atoms with Gasteiger partial charge in [0.05, 0.1) is 18.6 Å². The van der Waals surface area contributed by atoms with Gasteiger partial charge >= 0.3 is 0 Å². The number of hydrogen-bond acceptors (Lipinski definition) is 4. The van der Waals surface area contributed by atoms with Crippen molar-refractivity contribution >= 4 is 21.4 Å². The van der Waals surface area contributed by atoms with Crippen LogP contribution in [-0.4, -0.2) is 33.6 Å². The number of ether oxygens (including phenoxy) is 1. The lowest BCUT2D eigenvalue weighted by Crippen LogP contribution is -2.39. The molecule has 0 aromatic heterocycles. The van der Waals surface area contributed by atoms with Gasteiger partial charge in [0.15, 0.2) is 9.84 Å². The Hall–Kier alpha value is -0.780. The molecule has 1 fully saturated rings. The molecule has 1 N–H and O–H groups in total. The van der Waals surface area contributed by atoms with Gasteiger partial charge in [-0.15, -0.1) is 0 Å². The van der Waals surface area contributed by atoms with Gasteiger partial charge in [-0.25, -0.2) is 8.42 Å². The highest BCUT2D eigenvalue weighted by Crippen LogP contribution is 2.29. The van der Waals surface area contributed by atoms with Crippen LogP contribution in [0.3, 0.4) is 0 Å². The fourth-order valence-electron chi connectivity index (χ4n) is 1.90. The number of rotatable bonds is 2. The first-order valence-corrected chi connectivity index (χ1v) is 7.49. The summed E-state index contributed by atoms with van der Waals surface area (Å²) in [5.41, 5.74) is 0.802. The molecule has 1 unspecified atom stereocenters. The summed E-state index contributed by atoms with van der Waals surface area (Å²) in [4.78, 5) is 0. The van der Waals surface area contributed by atoms with E-state index in [1.165, 1.54) is 0 Å². The number of sulfone groups is 1. The lowest BCUT2D eigenvalue weighted by atomic mass is 10.1. The van der Waals surface area contributed by atoms with E-state index in [1.807, 2.05) is 0 Å². The molecule has 94 valence electrons. The van der Waals surface area contributed by atoms with Crippen molar-refractivity contribution < 1.29 is 13.2 Å². The monoisotopic (exact) mass is 275 g/mol. The van der Waals surface area contributed by atoms with Crippen molar-refractivity contribution in [3.8, 4) is 5.75 Å². The fraction of sp³-hybridized carbons (Fsp3) is 0.455. The molecule has 1 saturated heterocycles. The maximum absolute atomic E-state index is 11.6. The quantitative estimate of drug-likeness (QED) is 0.887. The first-order valence-electron chi connectivity index (χ1n) is 5.29. The third-order valence-corrected chi connectivity index (χ3v) is 4.80. The third kappa shape index (κ3) is 2.91. The third-order valence-electron chi connectivity index (χ3n) is 2.81. The Morgan fingerprint density at radius 3 is 2.82 bits per heavy atom. The number of nitrogens with one attached hydrogen (secondary N) is 1. The maximum atomic E-state index is 11.6. The molecular weight excluding hydrogens is 262 g/mol. The summed E-state index contributed by atoms with van der Waals surface area (Å²) in [6.07, 6.45) is 0. The summed E-state index contributed by atoms with van der Waals surface area (Å²) in [5, 5.41) is 3.69. The highest BCUT2D eigenvalue weighted by Gasteiger charge is 2.26. The van der Waals surface area contributed by atoms with Crippen molar-refractivity contribution in [3.05, 3.63) is 28.8 Å². The van der Waals surface area contributed by atoms with E-state index in [0.29, 0.717) is 17.3 Å². The molecule has 1 aliphatic rings. The van der Waals surface area contributed by atoms with Crippen molar-refractivity contribution in [2.24, 2.45) is 0 Å². The molecule has 0 amide bonds. The number of benzene rings is 1. The zero-order valence-electron chi connectivity index (χ0n) is 9.44. The van der Waals surface area contributed by atoms with Crippen LogP contribution in [0.15, 0.2) is 18.2 Å². The Morgan fingerprint density at radius 1 is 1.47 bits per heavy atom. The summed E-state index contributed by atoms with van der Waals surface area (Å²) < 4.78 is 28.2. The van der Waals surface area contributed by atoms with E-state index in [4.69, 9.17) is 16.3 Å². The molecule has 17 heavy (non-hydrogen) atoms. The highest BCUT2D eigenvalue weighted by molar-refractivity contribution is 7.91. The van der Waals surface area contributed by atoms with E-state index in [9.17, 15) is 8.42 Å². The molecule has 1 aliphatic heterocycles. The van der Waals surface area contributed by atoms with Gasteiger partial charge in [0.25, 0.3) is 0 Å². The van der Waals surface area contributed by atoms with Crippen LogP contribution in [-0.2, 0) is 9.84 Å². The van der Waals surface area contributed by atoms with E-state index in [1.54, 1.807) is 25.3 Å². The second kappa shape index (κ2) is 4.84. The van der Waals surface area contributed by atoms with E-state index in [-0.39, 0.29) is 17.5 Å². The predicted octanol–water partition coefficient (Wildman–Crippen LogP) is 1.41. The lowest BCUT2D eigenvalue weighted by molar-refractivity contribution is 0.414. The van der Waals surface area contributed by atoms with Crippen molar-refractivity contribution in [2.45, 2.75) is 6.04 Å². The molecule has 6 heteroatoms. The maximum Gasteiger partial charge on any atom is 0.153 e. The van der Waals surface area contributed by atoms with Gasteiger partial charge in [-0.2, -0.15) is 0 Å². The summed E-state index contributed by atoms with van der Waals surface area (Å²) in [6, 6.07) is 5.05.